The number of hydrogen-bond donors (Lipinski definition) is 1. The summed E-state index contributed by atoms with van der Waals surface area (Å²) in [4.78, 5) is 26.3. The summed E-state index contributed by atoms with van der Waals surface area (Å²) >= 11 is 0. The van der Waals surface area contributed by atoms with Gasteiger partial charge < -0.3 is 15.0 Å². The Kier molecular flexibility index (Phi) is 8.48. The Labute approximate surface area is 185 Å². The Bertz CT molecular complexity index is 853. The molecule has 1 aromatic rings. The molecule has 1 fully saturated rings. The third-order valence-corrected chi connectivity index (χ3v) is 6.43. The zero-order chi connectivity index (χ0) is 23.2. The van der Waals surface area contributed by atoms with E-state index in [1.807, 2.05) is 6.92 Å². The van der Waals surface area contributed by atoms with Crippen LogP contribution in [0.15, 0.2) is 29.2 Å². The molecule has 1 aliphatic rings. The number of amides is 2. The third kappa shape index (κ3) is 8.14. The van der Waals surface area contributed by atoms with Crippen molar-refractivity contribution in [3.8, 4) is 0 Å². The molecule has 0 unspecified atom stereocenters. The molecule has 0 saturated carbocycles. The smallest absolute Gasteiger partial charge is 0.408 e. The van der Waals surface area contributed by atoms with Crippen molar-refractivity contribution in [1.29, 1.82) is 0 Å². The Morgan fingerprint density at radius 2 is 1.74 bits per heavy atom. The second kappa shape index (κ2) is 10.5. The lowest BCUT2D eigenvalue weighted by molar-refractivity contribution is -0.134. The number of carbonyl (C=O) groups is 2. The quantitative estimate of drug-likeness (QED) is 0.635. The summed E-state index contributed by atoms with van der Waals surface area (Å²) in [6.07, 6.45) is 1.52. The molecule has 0 radical (unpaired) electrons. The standard InChI is InChI=1S/C22H34N2O6S/c1-16-6-8-19(9-7-16)31(27,28)29-15-12-18-10-13-24(14-11-18)20(25)17(2)23-21(26)30-22(3,4)5/h6-9,17-18H,10-15H2,1-5H3,(H,23,26)/t17-/m1/s1. The minimum Gasteiger partial charge on any atom is -0.444 e. The Hall–Kier alpha value is -2.13. The number of aryl methyl sites for hydroxylation is 1. The van der Waals surface area contributed by atoms with E-state index in [1.54, 1.807) is 56.9 Å². The number of likely N-dealkylation sites (tertiary alicyclic amines) is 1. The number of piperidine rings is 1. The van der Waals surface area contributed by atoms with Crippen LogP contribution in [-0.2, 0) is 23.8 Å². The normalized spacial score (nSPS) is 16.6. The Balaban J connectivity index is 1.74. The maximum atomic E-state index is 12.6. The van der Waals surface area contributed by atoms with Gasteiger partial charge in [0, 0.05) is 13.1 Å². The Morgan fingerprint density at radius 3 is 2.29 bits per heavy atom. The minimum absolute atomic E-state index is 0.116. The summed E-state index contributed by atoms with van der Waals surface area (Å²) < 4.78 is 34.9. The predicted octanol–water partition coefficient (Wildman–Crippen LogP) is 3.24. The molecule has 2 rings (SSSR count). The van der Waals surface area contributed by atoms with E-state index in [0.717, 1.165) is 18.4 Å². The zero-order valence-corrected chi connectivity index (χ0v) is 19.8. The van der Waals surface area contributed by atoms with Crippen molar-refractivity contribution >= 4 is 22.1 Å². The van der Waals surface area contributed by atoms with Crippen LogP contribution in [0.3, 0.4) is 0 Å². The van der Waals surface area contributed by atoms with Gasteiger partial charge >= 0.3 is 6.09 Å². The van der Waals surface area contributed by atoms with Crippen LogP contribution >= 0.6 is 0 Å². The highest BCUT2D eigenvalue weighted by Gasteiger charge is 2.28. The van der Waals surface area contributed by atoms with Crippen molar-refractivity contribution in [2.45, 2.75) is 70.4 Å². The number of ether oxygens (including phenoxy) is 1. The average molecular weight is 455 g/mol. The first-order valence-corrected chi connectivity index (χ1v) is 12.0. The number of benzene rings is 1. The summed E-state index contributed by atoms with van der Waals surface area (Å²) in [5.41, 5.74) is 0.357. The van der Waals surface area contributed by atoms with Gasteiger partial charge in [-0.1, -0.05) is 17.7 Å². The average Bonchev–Trinajstić information content (AvgIpc) is 2.66. The maximum absolute atomic E-state index is 12.6. The lowest BCUT2D eigenvalue weighted by Gasteiger charge is -2.33. The molecule has 2 amide bonds. The fourth-order valence-corrected chi connectivity index (χ4v) is 4.28. The molecular formula is C22H34N2O6S. The van der Waals surface area contributed by atoms with Crippen LogP contribution in [0.2, 0.25) is 0 Å². The van der Waals surface area contributed by atoms with Gasteiger partial charge in [0.05, 0.1) is 11.5 Å². The van der Waals surface area contributed by atoms with Crippen LogP contribution in [0, 0.1) is 12.8 Å². The highest BCUT2D eigenvalue weighted by atomic mass is 32.2. The molecule has 0 bridgehead atoms. The van der Waals surface area contributed by atoms with Crippen LogP contribution in [0.25, 0.3) is 0 Å². The largest absolute Gasteiger partial charge is 0.444 e. The van der Waals surface area contributed by atoms with Crippen LogP contribution in [-0.4, -0.2) is 56.7 Å². The minimum atomic E-state index is -3.75. The van der Waals surface area contributed by atoms with E-state index in [2.05, 4.69) is 5.32 Å². The summed E-state index contributed by atoms with van der Waals surface area (Å²) in [6, 6.07) is 5.89. The molecule has 0 aromatic heterocycles. The molecule has 8 nitrogen and oxygen atoms in total. The van der Waals surface area contributed by atoms with E-state index >= 15 is 0 Å². The monoisotopic (exact) mass is 454 g/mol. The summed E-state index contributed by atoms with van der Waals surface area (Å²) in [5.74, 6) is 0.133. The van der Waals surface area contributed by atoms with Gasteiger partial charge in [0.15, 0.2) is 0 Å². The molecule has 1 aromatic carbocycles. The van der Waals surface area contributed by atoms with Crippen molar-refractivity contribution in [2.24, 2.45) is 5.92 Å². The van der Waals surface area contributed by atoms with Gasteiger partial charge in [-0.25, -0.2) is 4.79 Å². The number of hydrogen-bond acceptors (Lipinski definition) is 6. The van der Waals surface area contributed by atoms with E-state index in [1.165, 1.54) is 0 Å². The van der Waals surface area contributed by atoms with E-state index in [9.17, 15) is 18.0 Å². The second-order valence-electron chi connectivity index (χ2n) is 9.01. The first-order chi connectivity index (χ1) is 14.4. The summed E-state index contributed by atoms with van der Waals surface area (Å²) in [6.45, 7) is 10.1. The van der Waals surface area contributed by atoms with Gasteiger partial charge in [-0.3, -0.25) is 8.98 Å². The maximum Gasteiger partial charge on any atom is 0.408 e. The first-order valence-electron chi connectivity index (χ1n) is 10.6. The molecule has 1 heterocycles. The fourth-order valence-electron chi connectivity index (χ4n) is 3.36. The molecular weight excluding hydrogens is 420 g/mol. The van der Waals surface area contributed by atoms with Crippen LogP contribution in [0.1, 0.15) is 52.5 Å². The van der Waals surface area contributed by atoms with Gasteiger partial charge in [-0.15, -0.1) is 0 Å². The van der Waals surface area contributed by atoms with E-state index in [-0.39, 0.29) is 23.3 Å². The molecule has 31 heavy (non-hydrogen) atoms. The summed E-state index contributed by atoms with van der Waals surface area (Å²) in [5, 5.41) is 2.58. The van der Waals surface area contributed by atoms with Gasteiger partial charge in [0.1, 0.15) is 11.6 Å². The molecule has 1 aliphatic heterocycles. The fraction of sp³-hybridized carbons (Fsp3) is 0.636. The number of carbonyl (C=O) groups excluding carboxylic acids is 2. The predicted molar refractivity (Wildman–Crippen MR) is 117 cm³/mol. The summed E-state index contributed by atoms with van der Waals surface area (Å²) in [7, 11) is -3.75. The van der Waals surface area contributed by atoms with Crippen molar-refractivity contribution in [3.05, 3.63) is 29.8 Å². The van der Waals surface area contributed by atoms with E-state index in [0.29, 0.717) is 19.5 Å². The van der Waals surface area contributed by atoms with Gasteiger partial charge in [0.2, 0.25) is 5.91 Å². The van der Waals surface area contributed by atoms with Crippen LogP contribution in [0.5, 0.6) is 0 Å². The molecule has 0 aliphatic carbocycles. The van der Waals surface area contributed by atoms with Gasteiger partial charge in [0.25, 0.3) is 10.1 Å². The van der Waals surface area contributed by atoms with Crippen LogP contribution < -0.4 is 5.32 Å². The van der Waals surface area contributed by atoms with E-state index < -0.39 is 27.9 Å². The van der Waals surface area contributed by atoms with E-state index in [4.69, 9.17) is 8.92 Å². The zero-order valence-electron chi connectivity index (χ0n) is 19.0. The SMILES string of the molecule is Cc1ccc(S(=O)(=O)OCCC2CCN(C(=O)[C@@H](C)NC(=O)OC(C)(C)C)CC2)cc1. The number of rotatable bonds is 7. The molecule has 1 atom stereocenters. The number of nitrogens with zero attached hydrogens (tertiary/aromatic N) is 1. The molecule has 174 valence electrons. The topological polar surface area (TPSA) is 102 Å². The first kappa shape index (κ1) is 25.1. The molecule has 9 heteroatoms. The molecule has 1 N–H and O–H groups in total. The van der Waals surface area contributed by atoms with Crippen molar-refractivity contribution < 1.29 is 26.9 Å². The van der Waals surface area contributed by atoms with Crippen molar-refractivity contribution in [2.75, 3.05) is 19.7 Å². The highest BCUT2D eigenvalue weighted by molar-refractivity contribution is 7.86. The number of nitrogens with one attached hydrogen (secondary N) is 1. The van der Waals surface area contributed by atoms with Gasteiger partial charge in [-0.05, 0) is 71.9 Å². The lowest BCUT2D eigenvalue weighted by Crippen LogP contribution is -2.50. The Morgan fingerprint density at radius 1 is 1.16 bits per heavy atom. The molecule has 1 saturated heterocycles. The third-order valence-electron chi connectivity index (χ3n) is 5.10. The molecule has 0 spiro atoms. The van der Waals surface area contributed by atoms with Crippen LogP contribution in [0.4, 0.5) is 4.79 Å². The lowest BCUT2D eigenvalue weighted by atomic mass is 9.93. The van der Waals surface area contributed by atoms with Crippen molar-refractivity contribution in [1.82, 2.24) is 10.2 Å². The highest BCUT2D eigenvalue weighted by Crippen LogP contribution is 2.22. The van der Waals surface area contributed by atoms with Crippen molar-refractivity contribution in [3.63, 3.8) is 0 Å². The number of alkyl carbamates (subject to hydrolysis) is 1. The second-order valence-corrected chi connectivity index (χ2v) is 10.6. The van der Waals surface area contributed by atoms with Gasteiger partial charge in [-0.2, -0.15) is 8.42 Å².